The molecule has 0 aliphatic carbocycles. The van der Waals surface area contributed by atoms with Crippen LogP contribution in [0.2, 0.25) is 0 Å². The summed E-state index contributed by atoms with van der Waals surface area (Å²) in [4.78, 5) is 3.90. The van der Waals surface area contributed by atoms with Gasteiger partial charge in [-0.25, -0.2) is 10.8 Å². The first-order chi connectivity index (χ1) is 8.49. The average molecular weight is 257 g/mol. The predicted molar refractivity (Wildman–Crippen MR) is 58.4 cm³/mol. The maximum absolute atomic E-state index is 12.4. The molecule has 0 fully saturated rings. The molecule has 3 N–H and O–H groups in total. The number of rotatable bonds is 3. The molecule has 0 aliphatic heterocycles. The molecule has 0 radical (unpaired) electrons. The van der Waals surface area contributed by atoms with Gasteiger partial charge in [0.1, 0.15) is 5.82 Å². The van der Waals surface area contributed by atoms with Crippen LogP contribution < -0.4 is 11.3 Å². The molecule has 96 valence electrons. The minimum absolute atomic E-state index is 0.216. The maximum atomic E-state index is 12.4. The lowest BCUT2D eigenvalue weighted by Gasteiger charge is -2.04. The average Bonchev–Trinajstić information content (AvgIpc) is 2.77. The van der Waals surface area contributed by atoms with Crippen LogP contribution in [-0.4, -0.2) is 14.8 Å². The largest absolute Gasteiger partial charge is 0.419 e. The van der Waals surface area contributed by atoms with Crippen molar-refractivity contribution in [1.82, 2.24) is 14.8 Å². The van der Waals surface area contributed by atoms with Gasteiger partial charge in [-0.2, -0.15) is 18.3 Å². The molecular weight excluding hydrogens is 247 g/mol. The number of nitrogens with zero attached hydrogens (tertiary/aromatic N) is 3. The Hall–Kier alpha value is -2.09. The van der Waals surface area contributed by atoms with Crippen LogP contribution in [0.25, 0.3) is 0 Å². The molecule has 2 heterocycles. The second-order valence-corrected chi connectivity index (χ2v) is 3.62. The molecule has 0 amide bonds. The smallest absolute Gasteiger partial charge is 0.308 e. The van der Waals surface area contributed by atoms with Gasteiger partial charge in [0.05, 0.1) is 18.3 Å². The van der Waals surface area contributed by atoms with E-state index in [1.165, 1.54) is 10.9 Å². The Labute approximate surface area is 100 Å². The number of anilines is 1. The maximum Gasteiger partial charge on any atom is 0.419 e. The van der Waals surface area contributed by atoms with Crippen molar-refractivity contribution in [3.8, 4) is 0 Å². The van der Waals surface area contributed by atoms with E-state index >= 15 is 0 Å². The summed E-state index contributed by atoms with van der Waals surface area (Å²) in [6.45, 7) is 0.216. The molecule has 2 aromatic rings. The topological polar surface area (TPSA) is 68.8 Å². The van der Waals surface area contributed by atoms with Gasteiger partial charge in [-0.05, 0) is 17.7 Å². The van der Waals surface area contributed by atoms with Crippen molar-refractivity contribution < 1.29 is 13.2 Å². The molecule has 2 rings (SSSR count). The molecule has 0 saturated heterocycles. The van der Waals surface area contributed by atoms with E-state index in [2.05, 4.69) is 15.5 Å². The Bertz CT molecular complexity index is 534. The third-order valence-electron chi connectivity index (χ3n) is 2.28. The molecule has 8 heteroatoms. The third kappa shape index (κ3) is 2.77. The molecule has 2 aromatic heterocycles. The van der Waals surface area contributed by atoms with E-state index < -0.39 is 11.7 Å². The summed E-state index contributed by atoms with van der Waals surface area (Å²) in [6, 6.07) is 3.31. The van der Waals surface area contributed by atoms with Crippen LogP contribution in [0.15, 0.2) is 30.7 Å². The van der Waals surface area contributed by atoms with Crippen molar-refractivity contribution in [3.63, 3.8) is 0 Å². The minimum Gasteiger partial charge on any atom is -0.308 e. The highest BCUT2D eigenvalue weighted by Gasteiger charge is 2.32. The molecule has 0 unspecified atom stereocenters. The number of pyridine rings is 1. The molecule has 0 atom stereocenters. The highest BCUT2D eigenvalue weighted by Crippen LogP contribution is 2.28. The molecular formula is C10H10F3N5. The molecule has 0 aromatic carbocycles. The summed E-state index contributed by atoms with van der Waals surface area (Å²) in [5.74, 6) is 5.63. The molecule has 0 saturated carbocycles. The van der Waals surface area contributed by atoms with Crippen molar-refractivity contribution in [3.05, 3.63) is 41.9 Å². The molecule has 5 nitrogen and oxygen atoms in total. The van der Waals surface area contributed by atoms with E-state index in [0.29, 0.717) is 5.82 Å². The van der Waals surface area contributed by atoms with Crippen LogP contribution in [-0.2, 0) is 12.7 Å². The Morgan fingerprint density at radius 1 is 1.39 bits per heavy atom. The Kier molecular flexibility index (Phi) is 3.19. The lowest BCUT2D eigenvalue weighted by molar-refractivity contribution is -0.137. The van der Waals surface area contributed by atoms with E-state index in [4.69, 9.17) is 5.84 Å². The van der Waals surface area contributed by atoms with Crippen LogP contribution in [0.5, 0.6) is 0 Å². The summed E-state index contributed by atoms with van der Waals surface area (Å²) >= 11 is 0. The van der Waals surface area contributed by atoms with E-state index in [1.807, 2.05) is 0 Å². The van der Waals surface area contributed by atoms with Crippen molar-refractivity contribution >= 4 is 5.82 Å². The van der Waals surface area contributed by atoms with Crippen LogP contribution in [0.3, 0.4) is 0 Å². The van der Waals surface area contributed by atoms with Gasteiger partial charge in [-0.3, -0.25) is 4.68 Å². The normalized spacial score (nSPS) is 11.6. The van der Waals surface area contributed by atoms with Gasteiger partial charge >= 0.3 is 6.18 Å². The number of nitrogens with two attached hydrogens (primary N) is 1. The quantitative estimate of drug-likeness (QED) is 0.647. The van der Waals surface area contributed by atoms with Crippen molar-refractivity contribution in [2.45, 2.75) is 12.7 Å². The fraction of sp³-hybridized carbons (Fsp3) is 0.200. The molecule has 18 heavy (non-hydrogen) atoms. The second-order valence-electron chi connectivity index (χ2n) is 3.62. The lowest BCUT2D eigenvalue weighted by Crippen LogP contribution is -2.09. The number of hydrazine groups is 1. The number of nitrogen functional groups attached to an aromatic ring is 1. The van der Waals surface area contributed by atoms with Gasteiger partial charge in [0.25, 0.3) is 0 Å². The summed E-state index contributed by atoms with van der Waals surface area (Å²) < 4.78 is 38.3. The van der Waals surface area contributed by atoms with Gasteiger partial charge in [-0.15, -0.1) is 0 Å². The van der Waals surface area contributed by atoms with E-state index in [-0.39, 0.29) is 6.54 Å². The number of aromatic nitrogens is 3. The van der Waals surface area contributed by atoms with Crippen molar-refractivity contribution in [1.29, 1.82) is 0 Å². The van der Waals surface area contributed by atoms with Gasteiger partial charge < -0.3 is 5.43 Å². The molecule has 0 bridgehead atoms. The highest BCUT2D eigenvalue weighted by atomic mass is 19.4. The second kappa shape index (κ2) is 4.65. The Morgan fingerprint density at radius 2 is 2.17 bits per heavy atom. The first-order valence-electron chi connectivity index (χ1n) is 5.00. The van der Waals surface area contributed by atoms with E-state index in [0.717, 1.165) is 18.0 Å². The van der Waals surface area contributed by atoms with Crippen molar-refractivity contribution in [2.75, 3.05) is 5.43 Å². The predicted octanol–water partition coefficient (Wildman–Crippen LogP) is 1.63. The van der Waals surface area contributed by atoms with E-state index in [1.54, 1.807) is 12.1 Å². The summed E-state index contributed by atoms with van der Waals surface area (Å²) in [6.07, 6.45) is -1.11. The van der Waals surface area contributed by atoms with Crippen LogP contribution >= 0.6 is 0 Å². The van der Waals surface area contributed by atoms with Crippen LogP contribution in [0.1, 0.15) is 11.1 Å². The monoisotopic (exact) mass is 257 g/mol. The lowest BCUT2D eigenvalue weighted by atomic mass is 10.2. The number of nitrogens with one attached hydrogen (secondary N) is 1. The number of hydrogen-bond donors (Lipinski definition) is 2. The van der Waals surface area contributed by atoms with Gasteiger partial charge in [-0.1, -0.05) is 0 Å². The van der Waals surface area contributed by atoms with Crippen molar-refractivity contribution in [2.24, 2.45) is 5.84 Å². The fourth-order valence-electron chi connectivity index (χ4n) is 1.44. The van der Waals surface area contributed by atoms with Gasteiger partial charge in [0.15, 0.2) is 0 Å². The molecule has 0 aliphatic rings. The molecule has 0 spiro atoms. The SMILES string of the molecule is NNc1cc(Cn2cc(C(F)(F)F)cn2)ccn1. The summed E-state index contributed by atoms with van der Waals surface area (Å²) in [5, 5.41) is 3.66. The Balaban J connectivity index is 2.16. The van der Waals surface area contributed by atoms with Gasteiger partial charge in [0, 0.05) is 12.4 Å². The number of halogens is 3. The zero-order valence-corrected chi connectivity index (χ0v) is 9.15. The van der Waals surface area contributed by atoms with Gasteiger partial charge in [0.2, 0.25) is 0 Å². The standard InChI is InChI=1S/C10H10F3N5/c11-10(12,13)8-4-16-18(6-8)5-7-1-2-15-9(3-7)17-14/h1-4,6H,5,14H2,(H,15,17). The zero-order chi connectivity index (χ0) is 13.2. The third-order valence-corrected chi connectivity index (χ3v) is 2.28. The zero-order valence-electron chi connectivity index (χ0n) is 9.15. The Morgan fingerprint density at radius 3 is 2.78 bits per heavy atom. The highest BCUT2D eigenvalue weighted by molar-refractivity contribution is 5.35. The van der Waals surface area contributed by atoms with Crippen LogP contribution in [0, 0.1) is 0 Å². The summed E-state index contributed by atoms with van der Waals surface area (Å²) in [7, 11) is 0. The summed E-state index contributed by atoms with van der Waals surface area (Å²) in [5.41, 5.74) is 2.34. The minimum atomic E-state index is -4.37. The van der Waals surface area contributed by atoms with Crippen LogP contribution in [0.4, 0.5) is 19.0 Å². The number of hydrogen-bond acceptors (Lipinski definition) is 4. The first-order valence-corrected chi connectivity index (χ1v) is 5.00. The number of alkyl halides is 3. The first kappa shape index (κ1) is 12.4. The fourth-order valence-corrected chi connectivity index (χ4v) is 1.44. The van der Waals surface area contributed by atoms with E-state index in [9.17, 15) is 13.2 Å².